The van der Waals surface area contributed by atoms with Gasteiger partial charge in [0.15, 0.2) is 6.04 Å². The first kappa shape index (κ1) is 18.3. The molecule has 0 aliphatic carbocycles. The highest BCUT2D eigenvalue weighted by atomic mass is 16.2. The molecule has 0 aromatic heterocycles. The smallest absolute Gasteiger partial charge is 0.244 e. The highest BCUT2D eigenvalue weighted by Gasteiger charge is 2.68. The van der Waals surface area contributed by atoms with Crippen LogP contribution in [0.5, 0.6) is 0 Å². The van der Waals surface area contributed by atoms with Gasteiger partial charge >= 0.3 is 0 Å². The Morgan fingerprint density at radius 3 is 2.14 bits per heavy atom. The van der Waals surface area contributed by atoms with Gasteiger partial charge in [0.25, 0.3) is 0 Å². The minimum atomic E-state index is -0.557. The Kier molecular flexibility index (Phi) is 4.17. The van der Waals surface area contributed by atoms with E-state index in [0.717, 1.165) is 35.4 Å². The second-order valence-electron chi connectivity index (χ2n) is 8.68. The lowest BCUT2D eigenvalue weighted by molar-refractivity contribution is -0.915. The molecule has 2 aromatic rings. The lowest BCUT2D eigenvalue weighted by Gasteiger charge is -2.25. The predicted octanol–water partition coefficient (Wildman–Crippen LogP) is 1.72. The van der Waals surface area contributed by atoms with E-state index in [4.69, 9.17) is 0 Å². The molecule has 0 spiro atoms. The van der Waals surface area contributed by atoms with Gasteiger partial charge in [-0.3, -0.25) is 14.4 Å². The van der Waals surface area contributed by atoms with Gasteiger partial charge in [0, 0.05) is 18.4 Å². The van der Waals surface area contributed by atoms with E-state index in [-0.39, 0.29) is 29.6 Å². The Morgan fingerprint density at radius 2 is 1.48 bits per heavy atom. The SMILES string of the molecule is Cc1ccc(C(=O)[C@H]2[C@H]3C(=O)N(c4ccc(C)cc4)C(=O)[C@@H]3[C@H]3CCC[NH+]32)cc1. The van der Waals surface area contributed by atoms with Gasteiger partial charge in [-0.05, 0) is 26.0 Å². The molecule has 29 heavy (non-hydrogen) atoms. The zero-order valence-corrected chi connectivity index (χ0v) is 16.7. The van der Waals surface area contributed by atoms with E-state index in [2.05, 4.69) is 0 Å². The number of aryl methyl sites for hydroxylation is 2. The van der Waals surface area contributed by atoms with Crippen LogP contribution in [0, 0.1) is 25.7 Å². The van der Waals surface area contributed by atoms with E-state index < -0.39 is 12.0 Å². The molecule has 5 heteroatoms. The third kappa shape index (κ3) is 2.68. The molecule has 5 rings (SSSR count). The zero-order valence-electron chi connectivity index (χ0n) is 16.7. The molecule has 5 nitrogen and oxygen atoms in total. The van der Waals surface area contributed by atoms with Crippen LogP contribution in [0.15, 0.2) is 48.5 Å². The lowest BCUT2D eigenvalue weighted by Crippen LogP contribution is -3.16. The number of carbonyl (C=O) groups is 3. The van der Waals surface area contributed by atoms with Crippen molar-refractivity contribution in [2.75, 3.05) is 11.4 Å². The van der Waals surface area contributed by atoms with Crippen molar-refractivity contribution in [2.45, 2.75) is 38.8 Å². The van der Waals surface area contributed by atoms with Crippen molar-refractivity contribution < 1.29 is 19.3 Å². The molecule has 3 heterocycles. The molecule has 3 aliphatic rings. The molecule has 0 saturated carbocycles. The molecule has 2 amide bonds. The van der Waals surface area contributed by atoms with E-state index in [1.165, 1.54) is 4.90 Å². The highest BCUT2D eigenvalue weighted by molar-refractivity contribution is 6.24. The van der Waals surface area contributed by atoms with Gasteiger partial charge in [0.1, 0.15) is 17.9 Å². The van der Waals surface area contributed by atoms with Crippen molar-refractivity contribution in [3.8, 4) is 0 Å². The molecule has 1 N–H and O–H groups in total. The van der Waals surface area contributed by atoms with Gasteiger partial charge in [-0.2, -0.15) is 0 Å². The van der Waals surface area contributed by atoms with Crippen molar-refractivity contribution in [1.82, 2.24) is 0 Å². The molecule has 3 saturated heterocycles. The molecule has 3 aliphatic heterocycles. The number of nitrogens with zero attached hydrogens (tertiary/aromatic N) is 1. The van der Waals surface area contributed by atoms with E-state index in [9.17, 15) is 14.4 Å². The van der Waals surface area contributed by atoms with Gasteiger partial charge in [-0.25, -0.2) is 4.90 Å². The molecule has 148 valence electrons. The largest absolute Gasteiger partial charge is 0.322 e. The monoisotopic (exact) mass is 389 g/mol. The number of carbonyl (C=O) groups excluding carboxylic acids is 3. The summed E-state index contributed by atoms with van der Waals surface area (Å²) in [5.74, 6) is -1.30. The summed E-state index contributed by atoms with van der Waals surface area (Å²) in [5, 5.41) is 0. The molecule has 5 atom stereocenters. The van der Waals surface area contributed by atoms with E-state index in [0.29, 0.717) is 11.3 Å². The maximum absolute atomic E-state index is 13.5. The quantitative estimate of drug-likeness (QED) is 0.642. The van der Waals surface area contributed by atoms with E-state index >= 15 is 0 Å². The van der Waals surface area contributed by atoms with Crippen molar-refractivity contribution in [1.29, 1.82) is 0 Å². The van der Waals surface area contributed by atoms with Crippen LogP contribution in [0.3, 0.4) is 0 Å². The number of anilines is 1. The minimum Gasteiger partial charge on any atom is -0.322 e. The number of fused-ring (bicyclic) bond motifs is 3. The molecular formula is C24H25N2O3+. The summed E-state index contributed by atoms with van der Waals surface area (Å²) in [7, 11) is 0. The van der Waals surface area contributed by atoms with Gasteiger partial charge in [-0.15, -0.1) is 0 Å². The summed E-state index contributed by atoms with van der Waals surface area (Å²) in [6.07, 6.45) is 1.89. The zero-order chi connectivity index (χ0) is 20.3. The molecule has 0 bridgehead atoms. The standard InChI is InChI=1S/C24H24N2O3/c1-14-5-9-16(10-6-14)22(27)21-20-19(18-4-3-13-25(18)21)23(28)26(24(20)29)17-11-7-15(2)8-12-17/h5-12,18-21H,3-4,13H2,1-2H3/p+1/t18-,19-,20+,21-/m1/s1. The summed E-state index contributed by atoms with van der Waals surface area (Å²) < 4.78 is 0. The van der Waals surface area contributed by atoms with Crippen LogP contribution in [-0.2, 0) is 9.59 Å². The maximum Gasteiger partial charge on any atom is 0.244 e. The van der Waals surface area contributed by atoms with Crippen LogP contribution in [0.4, 0.5) is 5.69 Å². The topological polar surface area (TPSA) is 58.9 Å². The predicted molar refractivity (Wildman–Crippen MR) is 109 cm³/mol. The first-order valence-electron chi connectivity index (χ1n) is 10.4. The summed E-state index contributed by atoms with van der Waals surface area (Å²) in [4.78, 5) is 42.8. The number of rotatable bonds is 3. The number of hydrogen-bond donors (Lipinski definition) is 1. The summed E-state index contributed by atoms with van der Waals surface area (Å²) in [6, 6.07) is 14.6. The number of imide groups is 1. The average Bonchev–Trinajstić information content (AvgIpc) is 3.35. The summed E-state index contributed by atoms with van der Waals surface area (Å²) >= 11 is 0. The van der Waals surface area contributed by atoms with Crippen LogP contribution in [0.1, 0.15) is 34.3 Å². The van der Waals surface area contributed by atoms with Gasteiger partial charge < -0.3 is 4.90 Å². The Hall–Kier alpha value is -2.79. The molecule has 1 unspecified atom stereocenters. The van der Waals surface area contributed by atoms with Gasteiger partial charge in [0.05, 0.1) is 12.2 Å². The molecule has 2 aromatic carbocycles. The lowest BCUT2D eigenvalue weighted by atomic mass is 9.85. The van der Waals surface area contributed by atoms with E-state index in [1.54, 1.807) is 0 Å². The fourth-order valence-corrected chi connectivity index (χ4v) is 5.59. The van der Waals surface area contributed by atoms with Crippen LogP contribution < -0.4 is 9.80 Å². The maximum atomic E-state index is 13.5. The van der Waals surface area contributed by atoms with Crippen molar-refractivity contribution in [3.63, 3.8) is 0 Å². The Bertz CT molecular complexity index is 996. The van der Waals surface area contributed by atoms with E-state index in [1.807, 2.05) is 62.4 Å². The number of Topliss-reactive ketones (excluding diaryl/α,β-unsaturated/α-hetero) is 1. The molecule has 0 radical (unpaired) electrons. The third-order valence-electron chi connectivity index (χ3n) is 6.96. The van der Waals surface area contributed by atoms with Gasteiger partial charge in [-0.1, -0.05) is 47.5 Å². The number of benzene rings is 2. The number of hydrogen-bond acceptors (Lipinski definition) is 3. The number of nitrogens with one attached hydrogen (secondary N) is 1. The Balaban J connectivity index is 1.54. The Labute approximate surface area is 170 Å². The first-order chi connectivity index (χ1) is 14.0. The van der Waals surface area contributed by atoms with Crippen LogP contribution in [0.2, 0.25) is 0 Å². The normalized spacial score (nSPS) is 30.6. The Morgan fingerprint density at radius 1 is 0.897 bits per heavy atom. The fraction of sp³-hybridized carbons (Fsp3) is 0.375. The number of ketones is 1. The van der Waals surface area contributed by atoms with Crippen molar-refractivity contribution in [3.05, 3.63) is 65.2 Å². The van der Waals surface area contributed by atoms with Crippen molar-refractivity contribution >= 4 is 23.3 Å². The van der Waals surface area contributed by atoms with Gasteiger partial charge in [0.2, 0.25) is 17.6 Å². The third-order valence-corrected chi connectivity index (χ3v) is 6.96. The van der Waals surface area contributed by atoms with Crippen molar-refractivity contribution in [2.24, 2.45) is 11.8 Å². The summed E-state index contributed by atoms with van der Waals surface area (Å²) in [5.41, 5.74) is 3.41. The fourth-order valence-electron chi connectivity index (χ4n) is 5.59. The number of quaternary nitrogens is 1. The van der Waals surface area contributed by atoms with Crippen LogP contribution >= 0.6 is 0 Å². The first-order valence-corrected chi connectivity index (χ1v) is 10.4. The second kappa shape index (κ2) is 6.63. The second-order valence-corrected chi connectivity index (χ2v) is 8.68. The molecule has 3 fully saturated rings. The van der Waals surface area contributed by atoms with Crippen LogP contribution in [0.25, 0.3) is 0 Å². The highest BCUT2D eigenvalue weighted by Crippen LogP contribution is 2.40. The average molecular weight is 389 g/mol. The van der Waals surface area contributed by atoms with Crippen LogP contribution in [-0.4, -0.2) is 36.2 Å². The minimum absolute atomic E-state index is 0.00805. The summed E-state index contributed by atoms with van der Waals surface area (Å²) in [6.45, 7) is 4.81. The molecular weight excluding hydrogens is 364 g/mol. The number of amides is 2.